The summed E-state index contributed by atoms with van der Waals surface area (Å²) in [7, 11) is -0.879. The predicted octanol–water partition coefficient (Wildman–Crippen LogP) is 7.33. The topological polar surface area (TPSA) is 20.2 Å². The van der Waals surface area contributed by atoms with E-state index in [1.807, 2.05) is 6.07 Å². The van der Waals surface area contributed by atoms with Gasteiger partial charge in [-0.1, -0.05) is 18.2 Å². The molecule has 2 heteroatoms. The molecular formula is C22H43OP. The SMILES string of the molecule is CCCC[PH](CCCC)(CCCC)CCCC.Oc1ccccc1. The fourth-order valence-corrected chi connectivity index (χ4v) is 9.30. The number of hydrogen-bond donors (Lipinski definition) is 1. The fourth-order valence-electron chi connectivity index (χ4n) is 3.39. The molecule has 0 heterocycles. The molecule has 0 saturated carbocycles. The summed E-state index contributed by atoms with van der Waals surface area (Å²) in [6, 6.07) is 8.71. The van der Waals surface area contributed by atoms with Gasteiger partial charge < -0.3 is 5.11 Å². The summed E-state index contributed by atoms with van der Waals surface area (Å²) in [5.74, 6) is 0.322. The van der Waals surface area contributed by atoms with Gasteiger partial charge in [0, 0.05) is 0 Å². The Kier molecular flexibility index (Phi) is 15.6. The molecule has 0 bridgehead atoms. The summed E-state index contributed by atoms with van der Waals surface area (Å²) >= 11 is 0. The third-order valence-corrected chi connectivity index (χ3v) is 10.7. The standard InChI is InChI=1S/C16H37P.C6H6O/c1-5-9-13-17(14-10-6-2,15-11-7-3)16-12-8-4;7-6-4-2-1-3-5-6/h17H,5-16H2,1-4H3;1-5,7H. The van der Waals surface area contributed by atoms with E-state index in [9.17, 15) is 0 Å². The first-order valence-electron chi connectivity index (χ1n) is 10.4. The van der Waals surface area contributed by atoms with Gasteiger partial charge in [-0.25, -0.2) is 0 Å². The van der Waals surface area contributed by atoms with Crippen molar-refractivity contribution in [1.29, 1.82) is 0 Å². The molecule has 1 aromatic carbocycles. The van der Waals surface area contributed by atoms with Gasteiger partial charge in [0.15, 0.2) is 0 Å². The van der Waals surface area contributed by atoms with Crippen LogP contribution in [0, 0.1) is 0 Å². The maximum absolute atomic E-state index is 8.63. The molecule has 0 aromatic heterocycles. The summed E-state index contributed by atoms with van der Waals surface area (Å²) in [6.07, 6.45) is 18.1. The molecule has 1 nitrogen and oxygen atoms in total. The van der Waals surface area contributed by atoms with Crippen LogP contribution in [0.15, 0.2) is 30.3 Å². The van der Waals surface area contributed by atoms with Gasteiger partial charge in [-0.2, -0.15) is 0 Å². The Balaban J connectivity index is 0.000000620. The van der Waals surface area contributed by atoms with E-state index in [-0.39, 0.29) is 0 Å². The molecule has 0 radical (unpaired) electrons. The van der Waals surface area contributed by atoms with Crippen molar-refractivity contribution in [1.82, 2.24) is 0 Å². The molecular weight excluding hydrogens is 311 g/mol. The van der Waals surface area contributed by atoms with E-state index >= 15 is 0 Å². The molecule has 0 spiro atoms. The summed E-state index contributed by atoms with van der Waals surface area (Å²) in [5.41, 5.74) is 0. The van der Waals surface area contributed by atoms with E-state index in [1.54, 1.807) is 48.9 Å². The normalized spacial score (nSPS) is 11.7. The van der Waals surface area contributed by atoms with Gasteiger partial charge in [-0.05, 0) is 12.1 Å². The minimum Gasteiger partial charge on any atom is -0.508 e. The largest absolute Gasteiger partial charge is 0.508 e. The maximum atomic E-state index is 8.63. The second kappa shape index (κ2) is 15.9. The molecule has 0 saturated heterocycles. The first kappa shape index (κ1) is 23.4. The molecule has 1 aromatic rings. The van der Waals surface area contributed by atoms with E-state index in [4.69, 9.17) is 5.11 Å². The Labute approximate surface area is 152 Å². The number of rotatable bonds is 12. The molecule has 1 rings (SSSR count). The second-order valence-corrected chi connectivity index (χ2v) is 12.2. The van der Waals surface area contributed by atoms with Crippen LogP contribution in [-0.2, 0) is 0 Å². The summed E-state index contributed by atoms with van der Waals surface area (Å²) in [5, 5.41) is 8.63. The number of unbranched alkanes of at least 4 members (excludes halogenated alkanes) is 4. The van der Waals surface area contributed by atoms with Crippen molar-refractivity contribution < 1.29 is 5.11 Å². The molecule has 142 valence electrons. The third-order valence-electron chi connectivity index (χ3n) is 5.00. The van der Waals surface area contributed by atoms with Crippen molar-refractivity contribution in [3.05, 3.63) is 30.3 Å². The van der Waals surface area contributed by atoms with Crippen LogP contribution in [0.25, 0.3) is 0 Å². The van der Waals surface area contributed by atoms with Gasteiger partial charge >= 0.3 is 111 Å². The van der Waals surface area contributed by atoms with Crippen molar-refractivity contribution in [3.63, 3.8) is 0 Å². The van der Waals surface area contributed by atoms with Crippen LogP contribution in [0.2, 0.25) is 0 Å². The predicted molar refractivity (Wildman–Crippen MR) is 116 cm³/mol. The molecule has 0 atom stereocenters. The van der Waals surface area contributed by atoms with Gasteiger partial charge in [-0.3, -0.25) is 0 Å². The molecule has 0 aliphatic carbocycles. The Hall–Kier alpha value is -0.550. The Morgan fingerprint density at radius 1 is 0.625 bits per heavy atom. The van der Waals surface area contributed by atoms with Gasteiger partial charge in [-0.15, -0.1) is 0 Å². The van der Waals surface area contributed by atoms with Gasteiger partial charge in [0.2, 0.25) is 0 Å². The molecule has 0 aliphatic heterocycles. The molecule has 0 unspecified atom stereocenters. The Bertz CT molecular complexity index is 326. The summed E-state index contributed by atoms with van der Waals surface area (Å²) < 4.78 is 0. The van der Waals surface area contributed by atoms with Gasteiger partial charge in [0.1, 0.15) is 5.75 Å². The smallest absolute Gasteiger partial charge is 0.115 e. The van der Waals surface area contributed by atoms with Gasteiger partial charge in [0.05, 0.1) is 0 Å². The molecule has 0 fully saturated rings. The van der Waals surface area contributed by atoms with Crippen molar-refractivity contribution >= 4 is 7.26 Å². The van der Waals surface area contributed by atoms with Crippen LogP contribution in [0.4, 0.5) is 0 Å². The second-order valence-electron chi connectivity index (χ2n) is 7.25. The minimum absolute atomic E-state index is 0.322. The third kappa shape index (κ3) is 11.9. The van der Waals surface area contributed by atoms with Crippen LogP contribution in [0.1, 0.15) is 79.1 Å². The zero-order chi connectivity index (χ0) is 18.1. The first-order chi connectivity index (χ1) is 11.6. The van der Waals surface area contributed by atoms with Crippen molar-refractivity contribution in [2.24, 2.45) is 0 Å². The first-order valence-corrected chi connectivity index (χ1v) is 13.2. The molecule has 1 N–H and O–H groups in total. The zero-order valence-corrected chi connectivity index (χ0v) is 17.8. The minimum atomic E-state index is -0.879. The van der Waals surface area contributed by atoms with Crippen LogP contribution in [0.3, 0.4) is 0 Å². The monoisotopic (exact) mass is 354 g/mol. The number of para-hydroxylation sites is 1. The number of benzene rings is 1. The summed E-state index contributed by atoms with van der Waals surface area (Å²) in [4.78, 5) is 0. The zero-order valence-electron chi connectivity index (χ0n) is 16.8. The number of phenolic OH excluding ortho intramolecular Hbond substituents is 1. The average Bonchev–Trinajstić information content (AvgIpc) is 2.62. The van der Waals surface area contributed by atoms with Crippen molar-refractivity contribution in [3.8, 4) is 5.75 Å². The van der Waals surface area contributed by atoms with Gasteiger partial charge in [0.25, 0.3) is 0 Å². The van der Waals surface area contributed by atoms with Crippen LogP contribution in [-0.4, -0.2) is 29.8 Å². The van der Waals surface area contributed by atoms with Crippen LogP contribution < -0.4 is 0 Å². The molecule has 0 amide bonds. The Morgan fingerprint density at radius 2 is 0.958 bits per heavy atom. The van der Waals surface area contributed by atoms with E-state index in [0.717, 1.165) is 0 Å². The summed E-state index contributed by atoms with van der Waals surface area (Å²) in [6.45, 7) is 9.44. The van der Waals surface area contributed by atoms with Crippen molar-refractivity contribution in [2.45, 2.75) is 79.1 Å². The Morgan fingerprint density at radius 3 is 1.17 bits per heavy atom. The van der Waals surface area contributed by atoms with Crippen LogP contribution >= 0.6 is 7.26 Å². The quantitative estimate of drug-likeness (QED) is 0.390. The van der Waals surface area contributed by atoms with E-state index in [2.05, 4.69) is 27.7 Å². The van der Waals surface area contributed by atoms with E-state index in [0.29, 0.717) is 5.75 Å². The fraction of sp³-hybridized carbons (Fsp3) is 0.727. The number of hydrogen-bond acceptors (Lipinski definition) is 1. The van der Waals surface area contributed by atoms with E-state index in [1.165, 1.54) is 51.4 Å². The number of phenols is 1. The molecule has 24 heavy (non-hydrogen) atoms. The maximum Gasteiger partial charge on any atom is 0.115 e. The van der Waals surface area contributed by atoms with Crippen molar-refractivity contribution in [2.75, 3.05) is 24.6 Å². The molecule has 0 aliphatic rings. The van der Waals surface area contributed by atoms with Crippen LogP contribution in [0.5, 0.6) is 5.75 Å². The average molecular weight is 355 g/mol. The van der Waals surface area contributed by atoms with E-state index < -0.39 is 7.26 Å². The number of aromatic hydroxyl groups is 1.